The Kier molecular flexibility index (Phi) is 5.63. The molecule has 3 aromatic rings. The van der Waals surface area contributed by atoms with Gasteiger partial charge in [-0.1, -0.05) is 41.4 Å². The van der Waals surface area contributed by atoms with E-state index in [0.29, 0.717) is 16.3 Å². The molecule has 0 fully saturated rings. The second-order valence-electron chi connectivity index (χ2n) is 5.99. The standard InChI is InChI=1S/C21H18ClNO3S/c1-15-6-9-19(10-7-15)27(24,25)23-14-16-8-11-21(26-2)20(12-16)17-4-3-5-18(22)13-17/h3-14H,1-2H3/b23-14+. The maximum atomic E-state index is 12.4. The van der Waals surface area contributed by atoms with E-state index in [1.807, 2.05) is 31.2 Å². The van der Waals surface area contributed by atoms with Crippen molar-refractivity contribution in [1.29, 1.82) is 0 Å². The summed E-state index contributed by atoms with van der Waals surface area (Å²) in [6.07, 6.45) is 1.34. The van der Waals surface area contributed by atoms with Crippen LogP contribution in [0.5, 0.6) is 5.75 Å². The first-order valence-corrected chi connectivity index (χ1v) is 10.0. The molecule has 4 nitrogen and oxygen atoms in total. The minimum atomic E-state index is -3.76. The van der Waals surface area contributed by atoms with E-state index in [-0.39, 0.29) is 4.90 Å². The quantitative estimate of drug-likeness (QED) is 0.558. The van der Waals surface area contributed by atoms with Crippen LogP contribution in [-0.2, 0) is 10.0 Å². The highest BCUT2D eigenvalue weighted by Crippen LogP contribution is 2.32. The third-order valence-corrected chi connectivity index (χ3v) is 5.50. The van der Waals surface area contributed by atoms with Gasteiger partial charge in [-0.2, -0.15) is 12.8 Å². The zero-order valence-electron chi connectivity index (χ0n) is 14.9. The Morgan fingerprint density at radius 2 is 1.74 bits per heavy atom. The van der Waals surface area contributed by atoms with Gasteiger partial charge in [0.25, 0.3) is 10.0 Å². The van der Waals surface area contributed by atoms with Crippen LogP contribution in [0.15, 0.2) is 76.0 Å². The van der Waals surface area contributed by atoms with Crippen molar-refractivity contribution in [2.24, 2.45) is 4.40 Å². The molecule has 3 aromatic carbocycles. The Morgan fingerprint density at radius 1 is 1.00 bits per heavy atom. The van der Waals surface area contributed by atoms with Crippen LogP contribution in [0.1, 0.15) is 11.1 Å². The van der Waals surface area contributed by atoms with Gasteiger partial charge < -0.3 is 4.74 Å². The monoisotopic (exact) mass is 399 g/mol. The lowest BCUT2D eigenvalue weighted by molar-refractivity contribution is 0.416. The number of rotatable bonds is 5. The Bertz CT molecular complexity index is 1090. The zero-order valence-corrected chi connectivity index (χ0v) is 16.5. The van der Waals surface area contributed by atoms with Gasteiger partial charge in [-0.3, -0.25) is 0 Å². The van der Waals surface area contributed by atoms with Crippen LogP contribution < -0.4 is 4.74 Å². The maximum absolute atomic E-state index is 12.4. The molecule has 0 amide bonds. The Hall–Kier alpha value is -2.63. The lowest BCUT2D eigenvalue weighted by Crippen LogP contribution is -1.98. The number of halogens is 1. The second kappa shape index (κ2) is 7.94. The van der Waals surface area contributed by atoms with Gasteiger partial charge in [-0.15, -0.1) is 0 Å². The summed E-state index contributed by atoms with van der Waals surface area (Å²) < 4.78 is 34.0. The van der Waals surface area contributed by atoms with Crippen molar-refractivity contribution in [3.63, 3.8) is 0 Å². The third-order valence-electron chi connectivity index (χ3n) is 4.02. The van der Waals surface area contributed by atoms with E-state index >= 15 is 0 Å². The molecule has 0 atom stereocenters. The van der Waals surface area contributed by atoms with E-state index < -0.39 is 10.0 Å². The number of ether oxygens (including phenoxy) is 1. The molecule has 0 heterocycles. The molecule has 0 saturated carbocycles. The second-order valence-corrected chi connectivity index (χ2v) is 8.06. The van der Waals surface area contributed by atoms with Crippen molar-refractivity contribution in [2.75, 3.05) is 7.11 Å². The zero-order chi connectivity index (χ0) is 19.4. The molecular formula is C21H18ClNO3S. The molecule has 0 aliphatic rings. The van der Waals surface area contributed by atoms with Gasteiger partial charge in [0.2, 0.25) is 0 Å². The highest BCUT2D eigenvalue weighted by Gasteiger charge is 2.12. The Balaban J connectivity index is 1.97. The molecule has 0 aromatic heterocycles. The molecule has 138 valence electrons. The van der Waals surface area contributed by atoms with Gasteiger partial charge in [0.1, 0.15) is 5.75 Å². The fourth-order valence-electron chi connectivity index (χ4n) is 2.59. The molecule has 0 N–H and O–H groups in total. The van der Waals surface area contributed by atoms with E-state index in [0.717, 1.165) is 16.7 Å². The number of sulfonamides is 1. The topological polar surface area (TPSA) is 55.7 Å². The molecule has 0 saturated heterocycles. The highest BCUT2D eigenvalue weighted by molar-refractivity contribution is 7.90. The first kappa shape index (κ1) is 19.1. The number of aryl methyl sites for hydroxylation is 1. The van der Waals surface area contributed by atoms with Crippen LogP contribution in [0.3, 0.4) is 0 Å². The smallest absolute Gasteiger partial charge is 0.282 e. The molecule has 0 bridgehead atoms. The van der Waals surface area contributed by atoms with Gasteiger partial charge in [-0.05, 0) is 60.5 Å². The van der Waals surface area contributed by atoms with Crippen molar-refractivity contribution < 1.29 is 13.2 Å². The summed E-state index contributed by atoms with van der Waals surface area (Å²) in [4.78, 5) is 0.160. The van der Waals surface area contributed by atoms with Crippen LogP contribution in [0.2, 0.25) is 5.02 Å². The molecule has 0 radical (unpaired) electrons. The Morgan fingerprint density at radius 3 is 2.41 bits per heavy atom. The molecular weight excluding hydrogens is 382 g/mol. The number of hydrogen-bond acceptors (Lipinski definition) is 3. The summed E-state index contributed by atoms with van der Waals surface area (Å²) in [5.74, 6) is 0.663. The van der Waals surface area contributed by atoms with Crippen molar-refractivity contribution >= 4 is 27.8 Å². The summed E-state index contributed by atoms with van der Waals surface area (Å²) in [7, 11) is -2.18. The van der Waals surface area contributed by atoms with E-state index in [9.17, 15) is 8.42 Å². The fourth-order valence-corrected chi connectivity index (χ4v) is 3.64. The normalized spacial score (nSPS) is 11.7. The van der Waals surface area contributed by atoms with Gasteiger partial charge >= 0.3 is 0 Å². The Labute approximate surface area is 164 Å². The summed E-state index contributed by atoms with van der Waals surface area (Å²) in [6.45, 7) is 1.90. The number of hydrogen-bond donors (Lipinski definition) is 0. The van der Waals surface area contributed by atoms with E-state index in [1.54, 1.807) is 49.6 Å². The van der Waals surface area contributed by atoms with Crippen LogP contribution in [0, 0.1) is 6.92 Å². The predicted molar refractivity (Wildman–Crippen MR) is 109 cm³/mol. The predicted octanol–water partition coefficient (Wildman–Crippen LogP) is 5.13. The first-order valence-electron chi connectivity index (χ1n) is 8.20. The SMILES string of the molecule is COc1ccc(/C=N/S(=O)(=O)c2ccc(C)cc2)cc1-c1cccc(Cl)c1. The van der Waals surface area contributed by atoms with E-state index in [4.69, 9.17) is 16.3 Å². The minimum Gasteiger partial charge on any atom is -0.496 e. The van der Waals surface area contributed by atoms with Crippen LogP contribution in [0.4, 0.5) is 0 Å². The van der Waals surface area contributed by atoms with Crippen molar-refractivity contribution in [3.8, 4) is 16.9 Å². The number of benzene rings is 3. The fraction of sp³-hybridized carbons (Fsp3) is 0.0952. The average molecular weight is 400 g/mol. The largest absolute Gasteiger partial charge is 0.496 e. The summed E-state index contributed by atoms with van der Waals surface area (Å²) in [5, 5.41) is 0.607. The molecule has 0 aliphatic carbocycles. The van der Waals surface area contributed by atoms with Crippen LogP contribution >= 0.6 is 11.6 Å². The van der Waals surface area contributed by atoms with E-state index in [2.05, 4.69) is 4.40 Å². The maximum Gasteiger partial charge on any atom is 0.282 e. The number of nitrogens with zero attached hydrogens (tertiary/aromatic N) is 1. The average Bonchev–Trinajstić information content (AvgIpc) is 2.66. The summed E-state index contributed by atoms with van der Waals surface area (Å²) >= 11 is 6.08. The lowest BCUT2D eigenvalue weighted by Gasteiger charge is -2.10. The van der Waals surface area contributed by atoms with Crippen molar-refractivity contribution in [1.82, 2.24) is 0 Å². The molecule has 0 unspecified atom stereocenters. The van der Waals surface area contributed by atoms with Crippen LogP contribution in [-0.4, -0.2) is 21.7 Å². The van der Waals surface area contributed by atoms with Gasteiger partial charge in [0.05, 0.1) is 12.0 Å². The van der Waals surface area contributed by atoms with Gasteiger partial charge in [0, 0.05) is 16.8 Å². The minimum absolute atomic E-state index is 0.160. The summed E-state index contributed by atoms with van der Waals surface area (Å²) in [6, 6.07) is 19.3. The molecule has 6 heteroatoms. The van der Waals surface area contributed by atoms with Crippen LogP contribution in [0.25, 0.3) is 11.1 Å². The lowest BCUT2D eigenvalue weighted by atomic mass is 10.0. The molecule has 3 rings (SSSR count). The van der Waals surface area contributed by atoms with Crippen molar-refractivity contribution in [2.45, 2.75) is 11.8 Å². The van der Waals surface area contributed by atoms with E-state index in [1.165, 1.54) is 6.21 Å². The first-order chi connectivity index (χ1) is 12.9. The van der Waals surface area contributed by atoms with Gasteiger partial charge in [0.15, 0.2) is 0 Å². The molecule has 27 heavy (non-hydrogen) atoms. The third kappa shape index (κ3) is 4.56. The van der Waals surface area contributed by atoms with Gasteiger partial charge in [-0.25, -0.2) is 0 Å². The molecule has 0 spiro atoms. The highest BCUT2D eigenvalue weighted by atomic mass is 35.5. The molecule has 0 aliphatic heterocycles. The summed E-state index contributed by atoms with van der Waals surface area (Å²) in [5.41, 5.74) is 3.30. The van der Waals surface area contributed by atoms with Crippen molar-refractivity contribution in [3.05, 3.63) is 82.9 Å². The number of methoxy groups -OCH3 is 1.